The van der Waals surface area contributed by atoms with Crippen molar-refractivity contribution in [3.05, 3.63) is 46.2 Å². The van der Waals surface area contributed by atoms with E-state index in [0.29, 0.717) is 12.6 Å². The van der Waals surface area contributed by atoms with Gasteiger partial charge in [-0.1, -0.05) is 0 Å². The second-order valence-corrected chi connectivity index (χ2v) is 6.47. The topological polar surface area (TPSA) is 41.6 Å². The Morgan fingerprint density at radius 3 is 2.86 bits per heavy atom. The van der Waals surface area contributed by atoms with E-state index in [9.17, 15) is 4.79 Å². The molecule has 1 aromatic heterocycles. The highest BCUT2D eigenvalue weighted by molar-refractivity contribution is 7.10. The van der Waals surface area contributed by atoms with E-state index in [0.717, 1.165) is 24.4 Å². The van der Waals surface area contributed by atoms with Crippen LogP contribution in [0.1, 0.15) is 23.4 Å². The lowest BCUT2D eigenvalue weighted by Gasteiger charge is -2.32. The Bertz CT molecular complexity index is 651. The molecule has 0 unspecified atom stereocenters. The Balaban J connectivity index is 1.60. The number of hydrogen-bond acceptors (Lipinski definition) is 4. The van der Waals surface area contributed by atoms with Crippen molar-refractivity contribution in [1.82, 2.24) is 4.90 Å². The van der Waals surface area contributed by atoms with Crippen molar-refractivity contribution in [1.29, 1.82) is 0 Å². The van der Waals surface area contributed by atoms with Gasteiger partial charge in [0.05, 0.1) is 13.7 Å². The molecule has 0 radical (unpaired) electrons. The maximum Gasteiger partial charge on any atom is 0.238 e. The highest BCUT2D eigenvalue weighted by atomic mass is 32.1. The second kappa shape index (κ2) is 6.50. The molecule has 0 saturated heterocycles. The normalized spacial score (nSPS) is 17.8. The van der Waals surface area contributed by atoms with Crippen LogP contribution in [0, 0.1) is 0 Å². The number of rotatable bonds is 4. The smallest absolute Gasteiger partial charge is 0.238 e. The molecule has 0 saturated carbocycles. The number of carbonyl (C=O) groups excluding carboxylic acids is 1. The van der Waals surface area contributed by atoms with E-state index in [-0.39, 0.29) is 5.91 Å². The molecule has 1 N–H and O–H groups in total. The Kier molecular flexibility index (Phi) is 4.45. The van der Waals surface area contributed by atoms with Crippen molar-refractivity contribution in [3.63, 3.8) is 0 Å². The van der Waals surface area contributed by atoms with E-state index in [4.69, 9.17) is 4.74 Å². The molecule has 1 aliphatic heterocycles. The van der Waals surface area contributed by atoms with Crippen molar-refractivity contribution >= 4 is 22.9 Å². The minimum absolute atomic E-state index is 0.0238. The lowest BCUT2D eigenvalue weighted by Crippen LogP contribution is -2.39. The summed E-state index contributed by atoms with van der Waals surface area (Å²) in [7, 11) is 1.63. The maximum atomic E-state index is 12.2. The summed E-state index contributed by atoms with van der Waals surface area (Å²) in [6, 6.07) is 9.88. The van der Waals surface area contributed by atoms with Crippen molar-refractivity contribution < 1.29 is 9.53 Å². The van der Waals surface area contributed by atoms with Crippen molar-refractivity contribution in [2.45, 2.75) is 19.4 Å². The number of amides is 1. The van der Waals surface area contributed by atoms with Gasteiger partial charge in [0.2, 0.25) is 5.91 Å². The first-order valence-corrected chi connectivity index (χ1v) is 8.29. The van der Waals surface area contributed by atoms with E-state index in [1.807, 2.05) is 35.6 Å². The van der Waals surface area contributed by atoms with Gasteiger partial charge in [0, 0.05) is 23.2 Å². The zero-order chi connectivity index (χ0) is 15.5. The molecule has 0 fully saturated rings. The number of carbonyl (C=O) groups is 1. The predicted octanol–water partition coefficient (Wildman–Crippen LogP) is 3.31. The number of anilines is 1. The molecular formula is C17H20N2O2S. The Morgan fingerprint density at radius 2 is 2.14 bits per heavy atom. The maximum absolute atomic E-state index is 12.2. The summed E-state index contributed by atoms with van der Waals surface area (Å²) in [5.41, 5.74) is 2.17. The number of methoxy groups -OCH3 is 1. The number of benzene rings is 1. The number of thiophene rings is 1. The van der Waals surface area contributed by atoms with Crippen LogP contribution in [0.3, 0.4) is 0 Å². The summed E-state index contributed by atoms with van der Waals surface area (Å²) in [6.07, 6.45) is 1.03. The first-order valence-electron chi connectivity index (χ1n) is 7.41. The molecule has 5 heteroatoms. The minimum atomic E-state index is 0.0238. The van der Waals surface area contributed by atoms with Crippen LogP contribution in [0.2, 0.25) is 0 Å². The van der Waals surface area contributed by atoms with Gasteiger partial charge in [-0.15, -0.1) is 11.3 Å². The highest BCUT2D eigenvalue weighted by Crippen LogP contribution is 2.32. The van der Waals surface area contributed by atoms with E-state index >= 15 is 0 Å². The third-order valence-corrected chi connectivity index (χ3v) is 5.12. The van der Waals surface area contributed by atoms with E-state index in [1.54, 1.807) is 7.11 Å². The molecule has 1 atom stereocenters. The van der Waals surface area contributed by atoms with Gasteiger partial charge in [0.25, 0.3) is 0 Å². The van der Waals surface area contributed by atoms with Gasteiger partial charge in [-0.3, -0.25) is 9.69 Å². The Hall–Kier alpha value is -1.85. The summed E-state index contributed by atoms with van der Waals surface area (Å²) in [5, 5.41) is 5.09. The van der Waals surface area contributed by atoms with Crippen LogP contribution in [0.25, 0.3) is 0 Å². The zero-order valence-corrected chi connectivity index (χ0v) is 13.7. The standard InChI is InChI=1S/C17H20N2O2S/c1-12-15-8-10-22-16(15)7-9-19(12)11-17(20)18-13-3-5-14(21-2)6-4-13/h3-6,8,10,12H,7,9,11H2,1-2H3,(H,18,20)/t12-/m0/s1. The third kappa shape index (κ3) is 3.15. The summed E-state index contributed by atoms with van der Waals surface area (Å²) in [5.74, 6) is 0.809. The molecule has 0 aliphatic carbocycles. The van der Waals surface area contributed by atoms with E-state index < -0.39 is 0 Å². The molecule has 0 spiro atoms. The number of nitrogens with zero attached hydrogens (tertiary/aromatic N) is 1. The molecule has 3 rings (SSSR count). The number of hydrogen-bond donors (Lipinski definition) is 1. The molecule has 1 aliphatic rings. The fraction of sp³-hybridized carbons (Fsp3) is 0.353. The average molecular weight is 316 g/mol. The Morgan fingerprint density at radius 1 is 1.36 bits per heavy atom. The SMILES string of the molecule is COc1ccc(NC(=O)CN2CCc3sccc3[C@@H]2C)cc1. The zero-order valence-electron chi connectivity index (χ0n) is 12.8. The third-order valence-electron chi connectivity index (χ3n) is 4.12. The van der Waals surface area contributed by atoms with Gasteiger partial charge in [0.1, 0.15) is 5.75 Å². The van der Waals surface area contributed by atoms with Crippen LogP contribution in [-0.2, 0) is 11.2 Å². The molecule has 1 aromatic carbocycles. The van der Waals surface area contributed by atoms with Gasteiger partial charge >= 0.3 is 0 Å². The minimum Gasteiger partial charge on any atom is -0.497 e. The summed E-state index contributed by atoms with van der Waals surface area (Å²) in [6.45, 7) is 3.53. The molecule has 2 aromatic rings. The van der Waals surface area contributed by atoms with Crippen molar-refractivity contribution in [3.8, 4) is 5.75 Å². The summed E-state index contributed by atoms with van der Waals surface area (Å²) < 4.78 is 5.12. The van der Waals surface area contributed by atoms with Crippen molar-refractivity contribution in [2.24, 2.45) is 0 Å². The first kappa shape index (κ1) is 15.1. The fourth-order valence-corrected chi connectivity index (χ4v) is 3.80. The molecule has 22 heavy (non-hydrogen) atoms. The van der Waals surface area contributed by atoms with E-state index in [2.05, 4.69) is 28.6 Å². The van der Waals surface area contributed by atoms with Crippen LogP contribution >= 0.6 is 11.3 Å². The quantitative estimate of drug-likeness (QED) is 0.941. The number of ether oxygens (including phenoxy) is 1. The summed E-state index contributed by atoms with van der Waals surface area (Å²) >= 11 is 1.82. The molecule has 116 valence electrons. The molecule has 0 bridgehead atoms. The van der Waals surface area contributed by atoms with Gasteiger partial charge in [-0.2, -0.15) is 0 Å². The van der Waals surface area contributed by atoms with E-state index in [1.165, 1.54) is 10.4 Å². The van der Waals surface area contributed by atoms with Crippen molar-refractivity contribution in [2.75, 3.05) is 25.5 Å². The first-order chi connectivity index (χ1) is 10.7. The van der Waals surface area contributed by atoms with Crippen LogP contribution in [0.15, 0.2) is 35.7 Å². The molecule has 2 heterocycles. The molecular weight excluding hydrogens is 296 g/mol. The van der Waals surface area contributed by atoms with Crippen LogP contribution in [0.4, 0.5) is 5.69 Å². The molecule has 4 nitrogen and oxygen atoms in total. The summed E-state index contributed by atoms with van der Waals surface area (Å²) in [4.78, 5) is 15.9. The lowest BCUT2D eigenvalue weighted by molar-refractivity contribution is -0.117. The fourth-order valence-electron chi connectivity index (χ4n) is 2.84. The molecule has 1 amide bonds. The predicted molar refractivity (Wildman–Crippen MR) is 89.6 cm³/mol. The lowest BCUT2D eigenvalue weighted by atomic mass is 10.0. The van der Waals surface area contributed by atoms with Crippen LogP contribution in [0.5, 0.6) is 5.75 Å². The second-order valence-electron chi connectivity index (χ2n) is 5.47. The van der Waals surface area contributed by atoms with Crippen LogP contribution in [-0.4, -0.2) is 31.0 Å². The largest absolute Gasteiger partial charge is 0.497 e. The number of nitrogens with one attached hydrogen (secondary N) is 1. The van der Waals surface area contributed by atoms with Crippen LogP contribution < -0.4 is 10.1 Å². The average Bonchev–Trinajstić information content (AvgIpc) is 3.00. The van der Waals surface area contributed by atoms with Gasteiger partial charge in [-0.05, 0) is 54.6 Å². The van der Waals surface area contributed by atoms with Gasteiger partial charge in [-0.25, -0.2) is 0 Å². The monoisotopic (exact) mass is 316 g/mol. The highest BCUT2D eigenvalue weighted by Gasteiger charge is 2.26. The number of fused-ring (bicyclic) bond motifs is 1. The van der Waals surface area contributed by atoms with Gasteiger partial charge < -0.3 is 10.1 Å². The Labute approximate surface area is 134 Å². The van der Waals surface area contributed by atoms with Gasteiger partial charge in [0.15, 0.2) is 0 Å².